The maximum absolute atomic E-state index is 12.2. The summed E-state index contributed by atoms with van der Waals surface area (Å²) in [5, 5.41) is 2.34. The van der Waals surface area contributed by atoms with Crippen molar-refractivity contribution in [2.45, 2.75) is 6.92 Å². The van der Waals surface area contributed by atoms with E-state index in [1.54, 1.807) is 11.8 Å². The van der Waals surface area contributed by atoms with Gasteiger partial charge in [0.05, 0.1) is 0 Å². The van der Waals surface area contributed by atoms with Gasteiger partial charge in [-0.3, -0.25) is 14.9 Å². The zero-order valence-electron chi connectivity index (χ0n) is 11.5. The van der Waals surface area contributed by atoms with E-state index >= 15 is 0 Å². The van der Waals surface area contributed by atoms with Gasteiger partial charge in [0.2, 0.25) is 0 Å². The summed E-state index contributed by atoms with van der Waals surface area (Å²) >= 11 is 0. The Hall–Kier alpha value is -2.88. The van der Waals surface area contributed by atoms with Crippen molar-refractivity contribution < 1.29 is 9.59 Å². The molecule has 0 aliphatic carbocycles. The fourth-order valence-corrected chi connectivity index (χ4v) is 2.36. The lowest BCUT2D eigenvalue weighted by molar-refractivity contribution is -0.124. The molecule has 1 aliphatic rings. The fourth-order valence-electron chi connectivity index (χ4n) is 2.36. The summed E-state index contributed by atoms with van der Waals surface area (Å²) in [7, 11) is 0. The van der Waals surface area contributed by atoms with Crippen LogP contribution in [0, 0.1) is 0 Å². The number of hydrogen-bond acceptors (Lipinski definition) is 3. The minimum absolute atomic E-state index is 0.341. The number of carbonyl (C=O) groups excluding carboxylic acids is 2. The van der Waals surface area contributed by atoms with Crippen LogP contribution >= 0.6 is 0 Å². The van der Waals surface area contributed by atoms with Gasteiger partial charge in [-0.15, -0.1) is 0 Å². The van der Waals surface area contributed by atoms with Gasteiger partial charge < -0.3 is 4.90 Å². The van der Waals surface area contributed by atoms with Crippen LogP contribution in [0.1, 0.15) is 6.92 Å². The molecular formula is C17H14N2O2. The Balaban J connectivity index is 2.19. The molecule has 0 spiro atoms. The zero-order valence-corrected chi connectivity index (χ0v) is 11.5. The van der Waals surface area contributed by atoms with Crippen molar-refractivity contribution in [3.05, 3.63) is 71.9 Å². The molecule has 2 aromatic rings. The maximum Gasteiger partial charge on any atom is 0.275 e. The van der Waals surface area contributed by atoms with Gasteiger partial charge in [-0.1, -0.05) is 36.4 Å². The molecule has 1 aliphatic heterocycles. The van der Waals surface area contributed by atoms with Crippen molar-refractivity contribution >= 4 is 23.2 Å². The Kier molecular flexibility index (Phi) is 3.28. The summed E-state index contributed by atoms with van der Waals surface area (Å²) in [4.78, 5) is 25.7. The van der Waals surface area contributed by atoms with Gasteiger partial charge in [-0.05, 0) is 31.2 Å². The molecule has 1 N–H and O–H groups in total. The van der Waals surface area contributed by atoms with Gasteiger partial charge in [0, 0.05) is 16.9 Å². The van der Waals surface area contributed by atoms with Crippen LogP contribution in [0.25, 0.3) is 0 Å². The summed E-state index contributed by atoms with van der Waals surface area (Å²) in [6, 6.07) is 19.0. The fraction of sp³-hybridized carbons (Fsp3) is 0.0588. The predicted octanol–water partition coefficient (Wildman–Crippen LogP) is 2.76. The lowest BCUT2D eigenvalue weighted by Gasteiger charge is -2.25. The number of benzene rings is 2. The molecule has 0 fully saturated rings. The number of amides is 2. The molecule has 2 aromatic carbocycles. The molecule has 0 saturated carbocycles. The summed E-state index contributed by atoms with van der Waals surface area (Å²) in [5.74, 6) is -0.711. The van der Waals surface area contributed by atoms with Crippen molar-refractivity contribution in [3.63, 3.8) is 0 Å². The number of nitrogens with zero attached hydrogens (tertiary/aromatic N) is 1. The van der Waals surface area contributed by atoms with Crippen molar-refractivity contribution in [1.29, 1.82) is 0 Å². The zero-order chi connectivity index (χ0) is 14.8. The second-order valence-electron chi connectivity index (χ2n) is 4.76. The Bertz CT molecular complexity index is 681. The Morgan fingerprint density at radius 2 is 1.24 bits per heavy atom. The van der Waals surface area contributed by atoms with E-state index in [1.807, 2.05) is 60.7 Å². The number of rotatable bonds is 3. The van der Waals surface area contributed by atoms with Crippen LogP contribution in [0.3, 0.4) is 0 Å². The normalized spacial score (nSPS) is 14.3. The lowest BCUT2D eigenvalue weighted by Crippen LogP contribution is -2.28. The first kappa shape index (κ1) is 13.1. The van der Waals surface area contributed by atoms with Gasteiger partial charge in [-0.25, -0.2) is 0 Å². The van der Waals surface area contributed by atoms with Gasteiger partial charge in [-0.2, -0.15) is 0 Å². The molecule has 0 aromatic heterocycles. The van der Waals surface area contributed by atoms with E-state index in [9.17, 15) is 9.59 Å². The first-order valence-corrected chi connectivity index (χ1v) is 6.65. The summed E-state index contributed by atoms with van der Waals surface area (Å²) in [6.07, 6.45) is 0. The largest absolute Gasteiger partial charge is 0.305 e. The summed E-state index contributed by atoms with van der Waals surface area (Å²) in [6.45, 7) is 1.66. The number of anilines is 2. The SMILES string of the molecule is CC1=C(N(c2ccccc2)c2ccccc2)C(=O)NC1=O. The second-order valence-corrected chi connectivity index (χ2v) is 4.76. The minimum Gasteiger partial charge on any atom is -0.305 e. The number of para-hydroxylation sites is 2. The van der Waals surface area contributed by atoms with Crippen LogP contribution in [0.4, 0.5) is 11.4 Å². The van der Waals surface area contributed by atoms with Crippen LogP contribution in [-0.2, 0) is 9.59 Å². The molecule has 0 radical (unpaired) electrons. The third-order valence-corrected chi connectivity index (χ3v) is 3.39. The van der Waals surface area contributed by atoms with Gasteiger partial charge in [0.25, 0.3) is 11.8 Å². The highest BCUT2D eigenvalue weighted by Gasteiger charge is 2.32. The first-order chi connectivity index (χ1) is 10.2. The highest BCUT2D eigenvalue weighted by molar-refractivity contribution is 6.21. The third-order valence-electron chi connectivity index (χ3n) is 3.39. The summed E-state index contributed by atoms with van der Waals surface area (Å²) < 4.78 is 0. The quantitative estimate of drug-likeness (QED) is 0.878. The molecular weight excluding hydrogens is 264 g/mol. The van der Waals surface area contributed by atoms with Gasteiger partial charge in [0.15, 0.2) is 0 Å². The van der Waals surface area contributed by atoms with Crippen molar-refractivity contribution in [3.8, 4) is 0 Å². The molecule has 1 heterocycles. The highest BCUT2D eigenvalue weighted by Crippen LogP contribution is 2.32. The molecule has 2 amide bonds. The number of imide groups is 1. The van der Waals surface area contributed by atoms with Crippen molar-refractivity contribution in [2.24, 2.45) is 0 Å². The molecule has 3 rings (SSSR count). The molecule has 0 bridgehead atoms. The molecule has 21 heavy (non-hydrogen) atoms. The van der Waals surface area contributed by atoms with E-state index in [1.165, 1.54) is 0 Å². The van der Waals surface area contributed by atoms with Crippen LogP contribution in [-0.4, -0.2) is 11.8 Å². The van der Waals surface area contributed by atoms with E-state index in [4.69, 9.17) is 0 Å². The maximum atomic E-state index is 12.2. The Morgan fingerprint density at radius 1 is 0.762 bits per heavy atom. The molecule has 4 heteroatoms. The third kappa shape index (κ3) is 2.31. The van der Waals surface area contributed by atoms with E-state index < -0.39 is 0 Å². The average Bonchev–Trinajstić information content (AvgIpc) is 2.76. The average molecular weight is 278 g/mol. The van der Waals surface area contributed by atoms with Gasteiger partial charge >= 0.3 is 0 Å². The monoisotopic (exact) mass is 278 g/mol. The van der Waals surface area contributed by atoms with E-state index in [2.05, 4.69) is 5.32 Å². The lowest BCUT2D eigenvalue weighted by atomic mass is 10.1. The van der Waals surface area contributed by atoms with Crippen LogP contribution in [0.2, 0.25) is 0 Å². The van der Waals surface area contributed by atoms with E-state index in [0.29, 0.717) is 11.3 Å². The highest BCUT2D eigenvalue weighted by atomic mass is 16.2. The number of hydrogen-bond donors (Lipinski definition) is 1. The first-order valence-electron chi connectivity index (χ1n) is 6.65. The molecule has 104 valence electrons. The second kappa shape index (κ2) is 5.25. The van der Waals surface area contributed by atoms with Crippen molar-refractivity contribution in [2.75, 3.05) is 4.90 Å². The Labute approximate surface area is 122 Å². The topological polar surface area (TPSA) is 49.4 Å². The van der Waals surface area contributed by atoms with Crippen LogP contribution in [0.15, 0.2) is 71.9 Å². The number of carbonyl (C=O) groups is 2. The molecule has 4 nitrogen and oxygen atoms in total. The Morgan fingerprint density at radius 3 is 1.62 bits per heavy atom. The molecule has 0 atom stereocenters. The van der Waals surface area contributed by atoms with Crippen LogP contribution in [0.5, 0.6) is 0 Å². The molecule has 0 unspecified atom stereocenters. The van der Waals surface area contributed by atoms with Gasteiger partial charge in [0.1, 0.15) is 5.70 Å². The number of nitrogens with one attached hydrogen (secondary N) is 1. The summed E-state index contributed by atoms with van der Waals surface area (Å²) in [5.41, 5.74) is 2.47. The van der Waals surface area contributed by atoms with E-state index in [0.717, 1.165) is 11.4 Å². The molecule has 0 saturated heterocycles. The standard InChI is InChI=1S/C17H14N2O2/c1-12-15(17(21)18-16(12)20)19(13-8-4-2-5-9-13)14-10-6-3-7-11-14/h2-11H,1H3,(H,18,20,21). The van der Waals surface area contributed by atoms with E-state index in [-0.39, 0.29) is 11.8 Å². The van der Waals surface area contributed by atoms with Crippen LogP contribution < -0.4 is 10.2 Å². The predicted molar refractivity (Wildman–Crippen MR) is 80.9 cm³/mol. The smallest absolute Gasteiger partial charge is 0.275 e. The minimum atomic E-state index is -0.370. The van der Waals surface area contributed by atoms with Crippen molar-refractivity contribution in [1.82, 2.24) is 5.32 Å².